The Morgan fingerprint density at radius 3 is 2.92 bits per heavy atom. The van der Waals surface area contributed by atoms with Crippen LogP contribution in [0.3, 0.4) is 0 Å². The van der Waals surface area contributed by atoms with E-state index >= 15 is 0 Å². The second-order valence-electron chi connectivity index (χ2n) is 2.73. The molecule has 1 rings (SSSR count). The van der Waals surface area contributed by atoms with Gasteiger partial charge < -0.3 is 5.32 Å². The molecule has 12 heavy (non-hydrogen) atoms. The van der Waals surface area contributed by atoms with Gasteiger partial charge in [-0.15, -0.1) is 0 Å². The van der Waals surface area contributed by atoms with Gasteiger partial charge in [-0.25, -0.2) is 0 Å². The Morgan fingerprint density at radius 2 is 2.25 bits per heavy atom. The highest BCUT2D eigenvalue weighted by molar-refractivity contribution is 9.10. The zero-order valence-electron chi connectivity index (χ0n) is 7.31. The smallest absolute Gasteiger partial charge is 0.0178 e. The van der Waals surface area contributed by atoms with Crippen molar-refractivity contribution in [3.63, 3.8) is 0 Å². The second kappa shape index (κ2) is 5.33. The van der Waals surface area contributed by atoms with E-state index in [1.165, 1.54) is 5.56 Å². The van der Waals surface area contributed by atoms with Crippen molar-refractivity contribution >= 4 is 15.9 Å². The lowest BCUT2D eigenvalue weighted by Gasteiger charge is -2.01. The summed E-state index contributed by atoms with van der Waals surface area (Å²) >= 11 is 3.45. The molecule has 1 aromatic rings. The first-order valence-electron chi connectivity index (χ1n) is 4.28. The van der Waals surface area contributed by atoms with Crippen molar-refractivity contribution in [2.75, 3.05) is 13.1 Å². The summed E-state index contributed by atoms with van der Waals surface area (Å²) < 4.78 is 1.16. The largest absolute Gasteiger partial charge is 0.317 e. The normalized spacial score (nSPS) is 10.2. The standard InChI is InChI=1S/C10H14BrN/c1-2-12-7-6-9-4-3-5-10(11)8-9/h3-5,8,12H,2,6-7H2,1H3. The van der Waals surface area contributed by atoms with Gasteiger partial charge in [0, 0.05) is 4.47 Å². The third kappa shape index (κ3) is 3.37. The summed E-state index contributed by atoms with van der Waals surface area (Å²) in [4.78, 5) is 0. The Morgan fingerprint density at radius 1 is 1.42 bits per heavy atom. The molecule has 0 bridgehead atoms. The third-order valence-electron chi connectivity index (χ3n) is 1.73. The molecule has 66 valence electrons. The molecule has 0 aliphatic carbocycles. The fraction of sp³-hybridized carbons (Fsp3) is 0.400. The molecule has 0 fully saturated rings. The summed E-state index contributed by atoms with van der Waals surface area (Å²) in [6.45, 7) is 4.24. The molecule has 0 aliphatic rings. The van der Waals surface area contributed by atoms with Crippen molar-refractivity contribution < 1.29 is 0 Å². The average Bonchev–Trinajstić information content (AvgIpc) is 2.05. The minimum atomic E-state index is 1.05. The molecule has 0 amide bonds. The van der Waals surface area contributed by atoms with Crippen LogP contribution >= 0.6 is 15.9 Å². The summed E-state index contributed by atoms with van der Waals surface area (Å²) in [6.07, 6.45) is 1.10. The minimum Gasteiger partial charge on any atom is -0.317 e. The zero-order chi connectivity index (χ0) is 8.81. The molecule has 1 N–H and O–H groups in total. The van der Waals surface area contributed by atoms with Crippen LogP contribution in [0.1, 0.15) is 12.5 Å². The monoisotopic (exact) mass is 227 g/mol. The molecule has 1 aromatic carbocycles. The molecule has 2 heteroatoms. The molecule has 1 nitrogen and oxygen atoms in total. The van der Waals surface area contributed by atoms with E-state index < -0.39 is 0 Å². The molecular weight excluding hydrogens is 214 g/mol. The second-order valence-corrected chi connectivity index (χ2v) is 3.65. The molecule has 0 radical (unpaired) electrons. The van der Waals surface area contributed by atoms with Crippen molar-refractivity contribution in [2.24, 2.45) is 0 Å². The predicted octanol–water partition coefficient (Wildman–Crippen LogP) is 2.60. The highest BCUT2D eigenvalue weighted by atomic mass is 79.9. The van der Waals surface area contributed by atoms with Gasteiger partial charge in [-0.3, -0.25) is 0 Å². The van der Waals surface area contributed by atoms with Crippen LogP contribution in [0.25, 0.3) is 0 Å². The maximum Gasteiger partial charge on any atom is 0.0178 e. The summed E-state index contributed by atoms with van der Waals surface area (Å²) in [6, 6.07) is 8.45. The van der Waals surface area contributed by atoms with Crippen LogP contribution in [-0.4, -0.2) is 13.1 Å². The van der Waals surface area contributed by atoms with Crippen LogP contribution in [0.2, 0.25) is 0 Å². The first kappa shape index (κ1) is 9.75. The number of hydrogen-bond donors (Lipinski definition) is 1. The molecule has 0 spiro atoms. The lowest BCUT2D eigenvalue weighted by atomic mass is 10.1. The van der Waals surface area contributed by atoms with Gasteiger partial charge >= 0.3 is 0 Å². The lowest BCUT2D eigenvalue weighted by Crippen LogP contribution is -2.15. The summed E-state index contributed by atoms with van der Waals surface area (Å²) in [7, 11) is 0. The van der Waals surface area contributed by atoms with E-state index in [1.807, 2.05) is 0 Å². The Bertz CT molecular complexity index is 235. The van der Waals surface area contributed by atoms with Crippen LogP contribution in [0.15, 0.2) is 28.7 Å². The van der Waals surface area contributed by atoms with Crippen molar-refractivity contribution in [1.29, 1.82) is 0 Å². The van der Waals surface area contributed by atoms with Crippen molar-refractivity contribution in [3.8, 4) is 0 Å². The summed E-state index contributed by atoms with van der Waals surface area (Å²) in [5, 5.41) is 3.30. The van der Waals surface area contributed by atoms with Crippen LogP contribution in [0.5, 0.6) is 0 Å². The van der Waals surface area contributed by atoms with Gasteiger partial charge in [0.2, 0.25) is 0 Å². The highest BCUT2D eigenvalue weighted by Gasteiger charge is 1.92. The van der Waals surface area contributed by atoms with Crippen molar-refractivity contribution in [1.82, 2.24) is 5.32 Å². The van der Waals surface area contributed by atoms with Gasteiger partial charge in [0.1, 0.15) is 0 Å². The Kier molecular flexibility index (Phi) is 4.33. The first-order chi connectivity index (χ1) is 5.83. The molecule has 0 unspecified atom stereocenters. The van der Waals surface area contributed by atoms with E-state index in [-0.39, 0.29) is 0 Å². The molecule has 0 atom stereocenters. The van der Waals surface area contributed by atoms with E-state index in [1.54, 1.807) is 0 Å². The molecule has 0 aromatic heterocycles. The van der Waals surface area contributed by atoms with Gasteiger partial charge in [-0.05, 0) is 37.2 Å². The van der Waals surface area contributed by atoms with Crippen molar-refractivity contribution in [2.45, 2.75) is 13.3 Å². The van der Waals surface area contributed by atoms with Crippen LogP contribution in [0.4, 0.5) is 0 Å². The SMILES string of the molecule is CCNCCc1cccc(Br)c1. The third-order valence-corrected chi connectivity index (χ3v) is 2.22. The van der Waals surface area contributed by atoms with E-state index in [2.05, 4.69) is 52.4 Å². The van der Waals surface area contributed by atoms with Crippen molar-refractivity contribution in [3.05, 3.63) is 34.3 Å². The molecule has 0 saturated carbocycles. The Labute approximate surface area is 82.3 Å². The molecule has 0 aliphatic heterocycles. The van der Waals surface area contributed by atoms with Crippen LogP contribution in [0, 0.1) is 0 Å². The summed E-state index contributed by atoms with van der Waals surface area (Å²) in [5.41, 5.74) is 1.38. The highest BCUT2D eigenvalue weighted by Crippen LogP contribution is 2.11. The summed E-state index contributed by atoms with van der Waals surface area (Å²) in [5.74, 6) is 0. The fourth-order valence-electron chi connectivity index (χ4n) is 1.10. The van der Waals surface area contributed by atoms with Gasteiger partial charge in [-0.2, -0.15) is 0 Å². The number of hydrogen-bond acceptors (Lipinski definition) is 1. The number of nitrogens with one attached hydrogen (secondary N) is 1. The van der Waals surface area contributed by atoms with E-state index in [4.69, 9.17) is 0 Å². The van der Waals surface area contributed by atoms with Gasteiger partial charge in [0.05, 0.1) is 0 Å². The fourth-order valence-corrected chi connectivity index (χ4v) is 1.55. The van der Waals surface area contributed by atoms with Gasteiger partial charge in [-0.1, -0.05) is 35.0 Å². The van der Waals surface area contributed by atoms with E-state index in [9.17, 15) is 0 Å². The Hall–Kier alpha value is -0.340. The van der Waals surface area contributed by atoms with E-state index in [0.717, 1.165) is 24.0 Å². The lowest BCUT2D eigenvalue weighted by molar-refractivity contribution is 0.716. The van der Waals surface area contributed by atoms with Gasteiger partial charge in [0.15, 0.2) is 0 Å². The number of benzene rings is 1. The molecule has 0 saturated heterocycles. The van der Waals surface area contributed by atoms with E-state index in [0.29, 0.717) is 0 Å². The van der Waals surface area contributed by atoms with Crippen LogP contribution in [-0.2, 0) is 6.42 Å². The topological polar surface area (TPSA) is 12.0 Å². The maximum atomic E-state index is 3.45. The maximum absolute atomic E-state index is 3.45. The first-order valence-corrected chi connectivity index (χ1v) is 5.07. The minimum absolute atomic E-state index is 1.05. The quantitative estimate of drug-likeness (QED) is 0.781. The number of halogens is 1. The predicted molar refractivity (Wildman–Crippen MR) is 56.4 cm³/mol. The molecule has 0 heterocycles. The average molecular weight is 228 g/mol. The Balaban J connectivity index is 2.41. The number of rotatable bonds is 4. The van der Waals surface area contributed by atoms with Crippen LogP contribution < -0.4 is 5.32 Å². The number of likely N-dealkylation sites (N-methyl/N-ethyl adjacent to an activating group) is 1. The van der Waals surface area contributed by atoms with Gasteiger partial charge in [0.25, 0.3) is 0 Å². The molecular formula is C10H14BrN. The zero-order valence-corrected chi connectivity index (χ0v) is 8.89.